The van der Waals surface area contributed by atoms with Crippen LogP contribution in [-0.4, -0.2) is 12.4 Å². The Morgan fingerprint density at radius 2 is 1.55 bits per heavy atom. The molecule has 0 fully saturated rings. The molecule has 1 unspecified atom stereocenters. The van der Waals surface area contributed by atoms with Gasteiger partial charge in [-0.3, -0.25) is 0 Å². The third kappa shape index (κ3) is 3.35. The first-order chi connectivity index (χ1) is 9.63. The third-order valence-corrected chi connectivity index (χ3v) is 3.90. The average molecular weight is 287 g/mol. The van der Waals surface area contributed by atoms with E-state index in [0.29, 0.717) is 0 Å². The molecular weight excluding hydrogens is 266 g/mol. The van der Waals surface area contributed by atoms with Gasteiger partial charge in [-0.25, -0.2) is 0 Å². The van der Waals surface area contributed by atoms with E-state index in [1.165, 1.54) is 4.90 Å². The Morgan fingerprint density at radius 1 is 0.950 bits per heavy atom. The predicted molar refractivity (Wildman–Crippen MR) is 86.5 cm³/mol. The lowest BCUT2D eigenvalue weighted by Gasteiger charge is -2.20. The van der Waals surface area contributed by atoms with Gasteiger partial charge in [0.2, 0.25) is 0 Å². The maximum Gasteiger partial charge on any atom is 0.124 e. The minimum Gasteiger partial charge on any atom is -0.491 e. The first kappa shape index (κ1) is 14.9. The fourth-order valence-corrected chi connectivity index (χ4v) is 2.83. The van der Waals surface area contributed by atoms with E-state index in [2.05, 4.69) is 18.4 Å². The van der Waals surface area contributed by atoms with Crippen molar-refractivity contribution < 1.29 is 4.74 Å². The summed E-state index contributed by atoms with van der Waals surface area (Å²) in [5.41, 5.74) is 8.64. The number of benzene rings is 2. The van der Waals surface area contributed by atoms with Gasteiger partial charge in [0.15, 0.2) is 0 Å². The van der Waals surface area contributed by atoms with Crippen molar-refractivity contribution in [2.45, 2.75) is 30.9 Å². The van der Waals surface area contributed by atoms with Crippen molar-refractivity contribution in [2.24, 2.45) is 5.73 Å². The van der Waals surface area contributed by atoms with Crippen molar-refractivity contribution in [1.29, 1.82) is 0 Å². The molecule has 106 valence electrons. The Kier molecular flexibility index (Phi) is 5.10. The molecule has 3 heteroatoms. The van der Waals surface area contributed by atoms with Gasteiger partial charge in [-0.15, -0.1) is 11.8 Å². The molecule has 0 heterocycles. The van der Waals surface area contributed by atoms with Crippen LogP contribution >= 0.6 is 11.8 Å². The number of hydrogen-bond donors (Lipinski definition) is 1. The van der Waals surface area contributed by atoms with E-state index in [9.17, 15) is 0 Å². The van der Waals surface area contributed by atoms with Gasteiger partial charge in [0.05, 0.1) is 12.1 Å². The van der Waals surface area contributed by atoms with Crippen molar-refractivity contribution in [1.82, 2.24) is 0 Å². The lowest BCUT2D eigenvalue weighted by Crippen LogP contribution is -2.16. The topological polar surface area (TPSA) is 35.2 Å². The molecule has 0 saturated heterocycles. The van der Waals surface area contributed by atoms with Crippen molar-refractivity contribution in [3.63, 3.8) is 0 Å². The number of rotatable bonds is 5. The van der Waals surface area contributed by atoms with E-state index < -0.39 is 0 Å². The molecular formula is C17H21NOS. The highest BCUT2D eigenvalue weighted by atomic mass is 32.2. The number of hydrogen-bond acceptors (Lipinski definition) is 3. The van der Waals surface area contributed by atoms with Crippen LogP contribution in [0.25, 0.3) is 0 Å². The van der Waals surface area contributed by atoms with Crippen LogP contribution in [0.1, 0.15) is 31.0 Å². The molecule has 0 aliphatic rings. The molecule has 0 aliphatic heterocycles. The van der Waals surface area contributed by atoms with Crippen LogP contribution < -0.4 is 10.5 Å². The summed E-state index contributed by atoms with van der Waals surface area (Å²) in [4.78, 5) is 1.21. The van der Waals surface area contributed by atoms with Gasteiger partial charge >= 0.3 is 0 Å². The maximum absolute atomic E-state index is 6.48. The van der Waals surface area contributed by atoms with E-state index in [1.807, 2.05) is 50.2 Å². The first-order valence-electron chi connectivity index (χ1n) is 6.77. The van der Waals surface area contributed by atoms with Gasteiger partial charge < -0.3 is 10.5 Å². The highest BCUT2D eigenvalue weighted by molar-refractivity contribution is 7.98. The summed E-state index contributed by atoms with van der Waals surface area (Å²) < 4.78 is 5.87. The molecule has 20 heavy (non-hydrogen) atoms. The second-order valence-electron chi connectivity index (χ2n) is 4.92. The van der Waals surface area contributed by atoms with E-state index in [-0.39, 0.29) is 12.1 Å². The molecule has 0 aliphatic carbocycles. The molecule has 0 amide bonds. The Hall–Kier alpha value is -1.45. The zero-order chi connectivity index (χ0) is 14.5. The van der Waals surface area contributed by atoms with Crippen LogP contribution in [0.2, 0.25) is 0 Å². The monoisotopic (exact) mass is 287 g/mol. The summed E-state index contributed by atoms with van der Waals surface area (Å²) in [6, 6.07) is 16.1. The van der Waals surface area contributed by atoms with Crippen molar-refractivity contribution >= 4 is 11.8 Å². The van der Waals surface area contributed by atoms with Crippen LogP contribution in [0.15, 0.2) is 53.4 Å². The number of para-hydroxylation sites is 1. The Morgan fingerprint density at radius 3 is 2.20 bits per heavy atom. The lowest BCUT2D eigenvalue weighted by atomic mass is 9.98. The van der Waals surface area contributed by atoms with Crippen LogP contribution in [0.3, 0.4) is 0 Å². The molecule has 2 N–H and O–H groups in total. The SMILES string of the molecule is CSc1ccccc1C(N)c1ccccc1OC(C)C. The van der Waals surface area contributed by atoms with Crippen molar-refractivity contribution in [3.05, 3.63) is 59.7 Å². The fraction of sp³-hybridized carbons (Fsp3) is 0.294. The second kappa shape index (κ2) is 6.82. The summed E-state index contributed by atoms with van der Waals surface area (Å²) in [6.45, 7) is 4.05. The van der Waals surface area contributed by atoms with Crippen LogP contribution in [-0.2, 0) is 0 Å². The van der Waals surface area contributed by atoms with Gasteiger partial charge in [0.1, 0.15) is 5.75 Å². The minimum absolute atomic E-state index is 0.138. The quantitative estimate of drug-likeness (QED) is 0.835. The smallest absolute Gasteiger partial charge is 0.124 e. The second-order valence-corrected chi connectivity index (χ2v) is 5.77. The molecule has 2 aromatic carbocycles. The summed E-state index contributed by atoms with van der Waals surface area (Å²) in [6.07, 6.45) is 2.21. The van der Waals surface area contributed by atoms with Gasteiger partial charge in [0.25, 0.3) is 0 Å². The summed E-state index contributed by atoms with van der Waals surface area (Å²) >= 11 is 1.72. The molecule has 2 aromatic rings. The van der Waals surface area contributed by atoms with E-state index >= 15 is 0 Å². The molecule has 0 spiro atoms. The van der Waals surface area contributed by atoms with E-state index in [4.69, 9.17) is 10.5 Å². The van der Waals surface area contributed by atoms with E-state index in [1.54, 1.807) is 11.8 Å². The standard InChI is InChI=1S/C17H21NOS/c1-12(2)19-15-10-6-4-8-13(15)17(18)14-9-5-7-11-16(14)20-3/h4-12,17H,18H2,1-3H3. The maximum atomic E-state index is 6.48. The first-order valence-corrected chi connectivity index (χ1v) is 8.00. The Labute approximate surface area is 125 Å². The number of nitrogens with two attached hydrogens (primary N) is 1. The van der Waals surface area contributed by atoms with Gasteiger partial charge in [0, 0.05) is 10.5 Å². The molecule has 0 aromatic heterocycles. The highest BCUT2D eigenvalue weighted by Gasteiger charge is 2.17. The Balaban J connectivity index is 2.40. The minimum atomic E-state index is -0.173. The molecule has 2 nitrogen and oxygen atoms in total. The summed E-state index contributed by atoms with van der Waals surface area (Å²) in [7, 11) is 0. The van der Waals surface area contributed by atoms with E-state index in [0.717, 1.165) is 16.9 Å². The van der Waals surface area contributed by atoms with Gasteiger partial charge in [-0.1, -0.05) is 36.4 Å². The van der Waals surface area contributed by atoms with Crippen LogP contribution in [0.5, 0.6) is 5.75 Å². The zero-order valence-corrected chi connectivity index (χ0v) is 13.0. The number of thioether (sulfide) groups is 1. The normalized spacial score (nSPS) is 12.4. The predicted octanol–water partition coefficient (Wildman–Crippen LogP) is 4.24. The van der Waals surface area contributed by atoms with Gasteiger partial charge in [-0.05, 0) is 37.8 Å². The zero-order valence-electron chi connectivity index (χ0n) is 12.2. The van der Waals surface area contributed by atoms with Gasteiger partial charge in [-0.2, -0.15) is 0 Å². The molecule has 0 saturated carbocycles. The summed E-state index contributed by atoms with van der Waals surface area (Å²) in [5, 5.41) is 0. The Bertz CT molecular complexity index is 568. The number of ether oxygens (including phenoxy) is 1. The van der Waals surface area contributed by atoms with Crippen LogP contribution in [0.4, 0.5) is 0 Å². The molecule has 0 bridgehead atoms. The fourth-order valence-electron chi connectivity index (χ4n) is 2.19. The average Bonchev–Trinajstić information content (AvgIpc) is 2.46. The largest absolute Gasteiger partial charge is 0.491 e. The molecule has 0 radical (unpaired) electrons. The molecule has 2 rings (SSSR count). The van der Waals surface area contributed by atoms with Crippen molar-refractivity contribution in [3.8, 4) is 5.75 Å². The summed E-state index contributed by atoms with van der Waals surface area (Å²) in [5.74, 6) is 0.867. The molecule has 1 atom stereocenters. The van der Waals surface area contributed by atoms with Crippen molar-refractivity contribution in [2.75, 3.05) is 6.26 Å². The highest BCUT2D eigenvalue weighted by Crippen LogP contribution is 2.33. The van der Waals surface area contributed by atoms with Crippen LogP contribution in [0, 0.1) is 0 Å². The third-order valence-electron chi connectivity index (χ3n) is 3.09. The lowest BCUT2D eigenvalue weighted by molar-refractivity contribution is 0.239.